The van der Waals surface area contributed by atoms with Gasteiger partial charge in [-0.2, -0.15) is 13.2 Å². The number of rotatable bonds is 6. The molecular formula is C28H29BrF4N2O. The van der Waals surface area contributed by atoms with Crippen LogP contribution < -0.4 is 4.90 Å². The third kappa shape index (κ3) is 4.07. The summed E-state index contributed by atoms with van der Waals surface area (Å²) in [5.41, 5.74) is -0.485. The van der Waals surface area contributed by atoms with Gasteiger partial charge in [-0.05, 0) is 98.9 Å². The molecule has 0 spiro atoms. The van der Waals surface area contributed by atoms with Crippen molar-refractivity contribution < 1.29 is 22.4 Å². The number of halogens is 5. The van der Waals surface area contributed by atoms with E-state index in [1.807, 2.05) is 29.2 Å². The molecule has 1 aromatic heterocycles. The second-order valence-electron chi connectivity index (χ2n) is 12.0. The van der Waals surface area contributed by atoms with Gasteiger partial charge in [0.25, 0.3) is 0 Å². The van der Waals surface area contributed by atoms with E-state index < -0.39 is 17.4 Å². The molecule has 0 aliphatic heterocycles. The molecular weight excluding hydrogens is 536 g/mol. The Morgan fingerprint density at radius 1 is 0.972 bits per heavy atom. The SMILES string of the molecule is O=C(CC12CC(F)(C1)C2)N(CC12CCC(c3ccc(C(F)(F)F)cn3)(CC1)CC2)c1cccc(Br)c1. The summed E-state index contributed by atoms with van der Waals surface area (Å²) in [4.78, 5) is 19.8. The summed E-state index contributed by atoms with van der Waals surface area (Å²) in [5, 5.41) is 0. The average Bonchev–Trinajstić information content (AvgIpc) is 2.81. The van der Waals surface area contributed by atoms with Crippen molar-refractivity contribution in [3.8, 4) is 0 Å². The van der Waals surface area contributed by atoms with Gasteiger partial charge in [0.05, 0.1) is 5.56 Å². The lowest BCUT2D eigenvalue weighted by atomic mass is 9.41. The molecule has 192 valence electrons. The molecule has 2 aromatic rings. The maximum atomic E-state index is 14.1. The Labute approximate surface area is 216 Å². The van der Waals surface area contributed by atoms with E-state index in [0.29, 0.717) is 32.2 Å². The molecule has 1 aromatic carbocycles. The third-order valence-electron chi connectivity index (χ3n) is 9.55. The molecule has 3 nitrogen and oxygen atoms in total. The van der Waals surface area contributed by atoms with Gasteiger partial charge >= 0.3 is 6.18 Å². The number of carbonyl (C=O) groups is 1. The Bertz CT molecular complexity index is 1150. The maximum Gasteiger partial charge on any atom is 0.417 e. The van der Waals surface area contributed by atoms with Crippen LogP contribution in [0.5, 0.6) is 0 Å². The minimum Gasteiger partial charge on any atom is -0.312 e. The van der Waals surface area contributed by atoms with Crippen molar-refractivity contribution in [2.45, 2.75) is 81.5 Å². The Morgan fingerprint density at radius 3 is 2.17 bits per heavy atom. The second kappa shape index (κ2) is 8.02. The van der Waals surface area contributed by atoms with Gasteiger partial charge in [0.15, 0.2) is 0 Å². The molecule has 6 aliphatic carbocycles. The van der Waals surface area contributed by atoms with Crippen molar-refractivity contribution in [1.82, 2.24) is 4.98 Å². The summed E-state index contributed by atoms with van der Waals surface area (Å²) in [6.07, 6.45) is 3.79. The first kappa shape index (κ1) is 24.4. The van der Waals surface area contributed by atoms with Gasteiger partial charge in [0.1, 0.15) is 5.67 Å². The zero-order valence-electron chi connectivity index (χ0n) is 20.0. The number of benzene rings is 1. The fourth-order valence-corrected chi connectivity index (χ4v) is 7.91. The molecule has 4 bridgehead atoms. The van der Waals surface area contributed by atoms with Crippen molar-refractivity contribution >= 4 is 27.5 Å². The number of alkyl halides is 4. The minimum atomic E-state index is -4.38. The van der Waals surface area contributed by atoms with Crippen LogP contribution in [0.25, 0.3) is 0 Å². The van der Waals surface area contributed by atoms with E-state index in [2.05, 4.69) is 20.9 Å². The van der Waals surface area contributed by atoms with Crippen LogP contribution >= 0.6 is 15.9 Å². The zero-order chi connectivity index (χ0) is 25.4. The lowest BCUT2D eigenvalue weighted by Crippen LogP contribution is -2.65. The highest BCUT2D eigenvalue weighted by Crippen LogP contribution is 2.71. The third-order valence-corrected chi connectivity index (χ3v) is 10.0. The van der Waals surface area contributed by atoms with Gasteiger partial charge in [0, 0.05) is 40.4 Å². The van der Waals surface area contributed by atoms with E-state index in [-0.39, 0.29) is 22.2 Å². The van der Waals surface area contributed by atoms with Crippen LogP contribution in [-0.2, 0) is 16.4 Å². The molecule has 6 saturated carbocycles. The molecule has 1 heterocycles. The van der Waals surface area contributed by atoms with Gasteiger partial charge in [-0.25, -0.2) is 4.39 Å². The largest absolute Gasteiger partial charge is 0.417 e. The van der Waals surface area contributed by atoms with E-state index >= 15 is 0 Å². The van der Waals surface area contributed by atoms with Crippen molar-refractivity contribution in [1.29, 1.82) is 0 Å². The summed E-state index contributed by atoms with van der Waals surface area (Å²) in [6.45, 7) is 0.621. The lowest BCUT2D eigenvalue weighted by molar-refractivity contribution is -0.215. The normalized spacial score (nSPS) is 34.6. The Kier molecular flexibility index (Phi) is 5.43. The van der Waals surface area contributed by atoms with Gasteiger partial charge in [0.2, 0.25) is 5.91 Å². The monoisotopic (exact) mass is 564 g/mol. The molecule has 0 saturated heterocycles. The maximum absolute atomic E-state index is 14.1. The van der Waals surface area contributed by atoms with Crippen LogP contribution in [-0.4, -0.2) is 23.1 Å². The van der Waals surface area contributed by atoms with Crippen LogP contribution in [0.15, 0.2) is 47.1 Å². The van der Waals surface area contributed by atoms with Crippen LogP contribution in [0.4, 0.5) is 23.2 Å². The summed E-state index contributed by atoms with van der Waals surface area (Å²) in [6, 6.07) is 10.5. The highest BCUT2D eigenvalue weighted by atomic mass is 79.9. The first-order valence-electron chi connectivity index (χ1n) is 12.7. The number of carbonyl (C=O) groups excluding carboxylic acids is 1. The van der Waals surface area contributed by atoms with Crippen LogP contribution in [0.2, 0.25) is 0 Å². The van der Waals surface area contributed by atoms with Gasteiger partial charge in [-0.3, -0.25) is 9.78 Å². The predicted octanol–water partition coefficient (Wildman–Crippen LogP) is 7.77. The van der Waals surface area contributed by atoms with Crippen molar-refractivity contribution in [2.75, 3.05) is 11.4 Å². The Hall–Kier alpha value is -1.96. The molecule has 0 radical (unpaired) electrons. The predicted molar refractivity (Wildman–Crippen MR) is 132 cm³/mol. The van der Waals surface area contributed by atoms with E-state index in [9.17, 15) is 22.4 Å². The number of nitrogens with zero attached hydrogens (tertiary/aromatic N) is 2. The van der Waals surface area contributed by atoms with Crippen LogP contribution in [0, 0.1) is 10.8 Å². The smallest absolute Gasteiger partial charge is 0.312 e. The number of aromatic nitrogens is 1. The van der Waals surface area contributed by atoms with E-state index in [4.69, 9.17) is 0 Å². The topological polar surface area (TPSA) is 33.2 Å². The Balaban J connectivity index is 1.19. The number of anilines is 1. The molecule has 8 rings (SSSR count). The lowest BCUT2D eigenvalue weighted by Gasteiger charge is -2.66. The zero-order valence-corrected chi connectivity index (χ0v) is 21.6. The van der Waals surface area contributed by atoms with Gasteiger partial charge in [-0.15, -0.1) is 0 Å². The molecule has 0 N–H and O–H groups in total. The van der Waals surface area contributed by atoms with Gasteiger partial charge < -0.3 is 4.90 Å². The average molecular weight is 565 g/mol. The van der Waals surface area contributed by atoms with Crippen molar-refractivity contribution in [2.24, 2.45) is 10.8 Å². The number of hydrogen-bond acceptors (Lipinski definition) is 2. The summed E-state index contributed by atoms with van der Waals surface area (Å²) in [7, 11) is 0. The quantitative estimate of drug-likeness (QED) is 0.336. The molecule has 6 aliphatic rings. The number of fused-ring (bicyclic) bond motifs is 3. The second-order valence-corrected chi connectivity index (χ2v) is 12.9. The molecule has 1 amide bonds. The fourth-order valence-electron chi connectivity index (χ4n) is 7.53. The highest BCUT2D eigenvalue weighted by Gasteiger charge is 2.69. The van der Waals surface area contributed by atoms with Crippen molar-refractivity contribution in [3.63, 3.8) is 0 Å². The van der Waals surface area contributed by atoms with Crippen LogP contribution in [0.1, 0.15) is 75.5 Å². The Morgan fingerprint density at radius 2 is 1.64 bits per heavy atom. The first-order valence-corrected chi connectivity index (χ1v) is 13.5. The van der Waals surface area contributed by atoms with E-state index in [1.54, 1.807) is 6.07 Å². The van der Waals surface area contributed by atoms with E-state index in [0.717, 1.165) is 66.6 Å². The molecule has 0 unspecified atom stereocenters. The first-order chi connectivity index (χ1) is 16.9. The standard InChI is InChI=1S/C28H29BrF4N2O/c29-20-2-1-3-21(12-20)35(23(36)13-25-15-27(30,16-25)17-25)18-24-6-9-26(10-7-24,11-8-24)22-5-4-19(14-34-22)28(31,32)33/h1-5,12,14H,6-11,13,15-18H2. The molecule has 6 fully saturated rings. The number of hydrogen-bond donors (Lipinski definition) is 0. The summed E-state index contributed by atoms with van der Waals surface area (Å²) < 4.78 is 54.0. The summed E-state index contributed by atoms with van der Waals surface area (Å²) in [5.74, 6) is 0.0658. The molecule has 0 atom stereocenters. The van der Waals surface area contributed by atoms with Crippen LogP contribution in [0.3, 0.4) is 0 Å². The highest BCUT2D eigenvalue weighted by molar-refractivity contribution is 9.10. The van der Waals surface area contributed by atoms with E-state index in [1.165, 1.54) is 0 Å². The molecule has 8 heteroatoms. The summed E-state index contributed by atoms with van der Waals surface area (Å²) >= 11 is 3.53. The fraction of sp³-hybridized carbons (Fsp3) is 0.571. The number of pyridine rings is 1. The molecule has 36 heavy (non-hydrogen) atoms. The van der Waals surface area contributed by atoms with Crippen molar-refractivity contribution in [3.05, 3.63) is 58.3 Å². The number of amides is 1. The minimum absolute atomic E-state index is 0.0214. The van der Waals surface area contributed by atoms with Gasteiger partial charge in [-0.1, -0.05) is 22.0 Å².